The van der Waals surface area contributed by atoms with Crippen LogP contribution in [0.2, 0.25) is 18.1 Å². The smallest absolute Gasteiger partial charge is 0.192 e. The van der Waals surface area contributed by atoms with Crippen LogP contribution >= 0.6 is 0 Å². The molecule has 0 saturated heterocycles. The van der Waals surface area contributed by atoms with Gasteiger partial charge in [0.1, 0.15) is 0 Å². The van der Waals surface area contributed by atoms with Crippen LogP contribution in [0.3, 0.4) is 0 Å². The predicted octanol–water partition coefficient (Wildman–Crippen LogP) is 7.28. The molecule has 1 unspecified atom stereocenters. The van der Waals surface area contributed by atoms with E-state index in [1.165, 1.54) is 32.1 Å². The van der Waals surface area contributed by atoms with Gasteiger partial charge in [-0.1, -0.05) is 60.8 Å². The molecular formula is C24H44OSi. The van der Waals surface area contributed by atoms with E-state index in [0.717, 1.165) is 18.3 Å². The molecule has 0 aromatic carbocycles. The van der Waals surface area contributed by atoms with Crippen molar-refractivity contribution in [1.82, 2.24) is 0 Å². The van der Waals surface area contributed by atoms with Gasteiger partial charge in [-0.2, -0.15) is 0 Å². The Morgan fingerprint density at radius 1 is 1.12 bits per heavy atom. The quantitative estimate of drug-likeness (QED) is 0.370. The van der Waals surface area contributed by atoms with E-state index < -0.39 is 8.32 Å². The Morgan fingerprint density at radius 3 is 2.35 bits per heavy atom. The number of hydrogen-bond donors (Lipinski definition) is 0. The zero-order valence-electron chi connectivity index (χ0n) is 19.0. The van der Waals surface area contributed by atoms with Crippen molar-refractivity contribution in [3.05, 3.63) is 0 Å². The van der Waals surface area contributed by atoms with Crippen molar-refractivity contribution >= 4 is 8.32 Å². The number of rotatable bonds is 4. The Bertz CT molecular complexity index is 533. The molecule has 1 nitrogen and oxygen atoms in total. The van der Waals surface area contributed by atoms with E-state index >= 15 is 0 Å². The van der Waals surface area contributed by atoms with E-state index in [1.807, 2.05) is 0 Å². The van der Waals surface area contributed by atoms with Gasteiger partial charge in [-0.3, -0.25) is 0 Å². The molecule has 0 aromatic heterocycles. The Labute approximate surface area is 165 Å². The highest BCUT2D eigenvalue weighted by atomic mass is 28.4. The fourth-order valence-electron chi connectivity index (χ4n) is 5.20. The van der Waals surface area contributed by atoms with Gasteiger partial charge in [-0.25, -0.2) is 0 Å². The van der Waals surface area contributed by atoms with Crippen molar-refractivity contribution in [1.29, 1.82) is 0 Å². The van der Waals surface area contributed by atoms with E-state index in [9.17, 15) is 0 Å². The van der Waals surface area contributed by atoms with Crippen LogP contribution in [-0.4, -0.2) is 14.4 Å². The monoisotopic (exact) mass is 376 g/mol. The molecule has 2 saturated carbocycles. The lowest BCUT2D eigenvalue weighted by molar-refractivity contribution is -0.0155. The summed E-state index contributed by atoms with van der Waals surface area (Å²) in [6, 6.07) is 0. The molecule has 0 bridgehead atoms. The fourth-order valence-corrected chi connectivity index (χ4v) is 6.59. The SMILES string of the molecule is CC(C)CC#C[C@@H](C)[C@H]1CCC2[C@@H](O[Si](C)(C)C(C)(C)C)CCC[C@@]21C. The molecule has 2 fully saturated rings. The lowest BCUT2D eigenvalue weighted by Gasteiger charge is -2.49. The second kappa shape index (κ2) is 8.00. The average molecular weight is 377 g/mol. The first-order chi connectivity index (χ1) is 11.9. The third kappa shape index (κ3) is 4.58. The van der Waals surface area contributed by atoms with Crippen LogP contribution < -0.4 is 0 Å². The van der Waals surface area contributed by atoms with E-state index in [0.29, 0.717) is 28.4 Å². The second-order valence-electron chi connectivity index (χ2n) is 11.3. The molecule has 2 rings (SSSR count). The van der Waals surface area contributed by atoms with Crippen molar-refractivity contribution in [2.45, 2.75) is 111 Å². The maximum Gasteiger partial charge on any atom is 0.192 e. The van der Waals surface area contributed by atoms with Crippen molar-refractivity contribution in [3.63, 3.8) is 0 Å². The highest BCUT2D eigenvalue weighted by Crippen LogP contribution is 2.59. The molecule has 0 radical (unpaired) electrons. The maximum atomic E-state index is 6.97. The molecule has 2 aliphatic rings. The number of hydrogen-bond acceptors (Lipinski definition) is 1. The molecule has 0 amide bonds. The minimum Gasteiger partial charge on any atom is -0.414 e. The highest BCUT2D eigenvalue weighted by molar-refractivity contribution is 6.74. The lowest BCUT2D eigenvalue weighted by atomic mass is 9.62. The van der Waals surface area contributed by atoms with Gasteiger partial charge >= 0.3 is 0 Å². The molecular weight excluding hydrogens is 332 g/mol. The molecule has 0 spiro atoms. The highest BCUT2D eigenvalue weighted by Gasteiger charge is 2.54. The summed E-state index contributed by atoms with van der Waals surface area (Å²) in [4.78, 5) is 0. The molecule has 2 heteroatoms. The van der Waals surface area contributed by atoms with Gasteiger partial charge in [0.15, 0.2) is 8.32 Å². The first-order valence-corrected chi connectivity index (χ1v) is 14.0. The Kier molecular flexibility index (Phi) is 6.78. The van der Waals surface area contributed by atoms with E-state index in [1.54, 1.807) is 0 Å². The van der Waals surface area contributed by atoms with Crippen molar-refractivity contribution in [2.24, 2.45) is 29.1 Å². The topological polar surface area (TPSA) is 9.23 Å². The van der Waals surface area contributed by atoms with Gasteiger partial charge in [0.2, 0.25) is 0 Å². The van der Waals surface area contributed by atoms with Gasteiger partial charge < -0.3 is 4.43 Å². The van der Waals surface area contributed by atoms with Crippen molar-refractivity contribution in [2.75, 3.05) is 0 Å². The Hall–Kier alpha value is -0.263. The summed E-state index contributed by atoms with van der Waals surface area (Å²) in [5.74, 6) is 9.78. The zero-order valence-corrected chi connectivity index (χ0v) is 20.0. The summed E-state index contributed by atoms with van der Waals surface area (Å²) in [6.07, 6.45) is 8.18. The summed E-state index contributed by atoms with van der Waals surface area (Å²) in [5.41, 5.74) is 0.428. The third-order valence-electron chi connectivity index (χ3n) is 7.83. The third-order valence-corrected chi connectivity index (χ3v) is 12.3. The summed E-state index contributed by atoms with van der Waals surface area (Å²) in [7, 11) is -1.70. The van der Waals surface area contributed by atoms with Crippen LogP contribution in [0.25, 0.3) is 0 Å². The summed E-state index contributed by atoms with van der Waals surface area (Å²) in [5, 5.41) is 0.300. The fraction of sp³-hybridized carbons (Fsp3) is 0.917. The minimum absolute atomic E-state index is 0.300. The second-order valence-corrected chi connectivity index (χ2v) is 16.1. The Morgan fingerprint density at radius 2 is 1.77 bits per heavy atom. The molecule has 0 aliphatic heterocycles. The number of fused-ring (bicyclic) bond motifs is 1. The van der Waals surface area contributed by atoms with E-state index in [2.05, 4.69) is 73.4 Å². The van der Waals surface area contributed by atoms with Crippen LogP contribution in [0, 0.1) is 40.9 Å². The zero-order chi connectivity index (χ0) is 19.8. The molecule has 5 atom stereocenters. The lowest BCUT2D eigenvalue weighted by Crippen LogP contribution is -2.50. The predicted molar refractivity (Wildman–Crippen MR) is 117 cm³/mol. The molecule has 0 aromatic rings. The van der Waals surface area contributed by atoms with Crippen LogP contribution in [0.15, 0.2) is 0 Å². The van der Waals surface area contributed by atoms with Gasteiger partial charge in [-0.05, 0) is 67.0 Å². The van der Waals surface area contributed by atoms with Crippen LogP contribution in [0.4, 0.5) is 0 Å². The van der Waals surface area contributed by atoms with Gasteiger partial charge in [0, 0.05) is 18.4 Å². The molecule has 150 valence electrons. The molecule has 2 aliphatic carbocycles. The van der Waals surface area contributed by atoms with Crippen molar-refractivity contribution < 1.29 is 4.43 Å². The van der Waals surface area contributed by atoms with Crippen LogP contribution in [0.5, 0.6) is 0 Å². The van der Waals surface area contributed by atoms with E-state index in [4.69, 9.17) is 4.43 Å². The minimum atomic E-state index is -1.70. The maximum absolute atomic E-state index is 6.97. The normalized spacial score (nSPS) is 33.5. The van der Waals surface area contributed by atoms with Gasteiger partial charge in [-0.15, -0.1) is 5.92 Å². The Balaban J connectivity index is 2.13. The molecule has 0 heterocycles. The van der Waals surface area contributed by atoms with Gasteiger partial charge in [0.05, 0.1) is 0 Å². The standard InChI is InChI=1S/C24H44OSi/c1-18(2)12-10-13-19(3)20-15-16-21-22(14-11-17-24(20,21)7)25-26(8,9)23(4,5)6/h18-22H,11-12,14-17H2,1-9H3/t19-,20-,21?,22+,24-/m1/s1. The van der Waals surface area contributed by atoms with Crippen LogP contribution in [-0.2, 0) is 4.43 Å². The largest absolute Gasteiger partial charge is 0.414 e. The van der Waals surface area contributed by atoms with E-state index in [-0.39, 0.29) is 0 Å². The molecule has 0 N–H and O–H groups in total. The molecule has 26 heavy (non-hydrogen) atoms. The van der Waals surface area contributed by atoms with Crippen molar-refractivity contribution in [3.8, 4) is 11.8 Å². The summed E-state index contributed by atoms with van der Waals surface area (Å²) >= 11 is 0. The summed E-state index contributed by atoms with van der Waals surface area (Å²) in [6.45, 7) is 21.4. The first-order valence-electron chi connectivity index (χ1n) is 11.0. The van der Waals surface area contributed by atoms with Gasteiger partial charge in [0.25, 0.3) is 0 Å². The first kappa shape index (κ1) is 22.0. The summed E-state index contributed by atoms with van der Waals surface area (Å²) < 4.78 is 6.97. The average Bonchev–Trinajstić information content (AvgIpc) is 2.83. The van der Waals surface area contributed by atoms with Crippen LogP contribution in [0.1, 0.15) is 87.0 Å².